The van der Waals surface area contributed by atoms with Crippen molar-refractivity contribution in [2.24, 2.45) is 5.92 Å². The number of rotatable bonds is 2. The monoisotopic (exact) mass is 316 g/mol. The van der Waals surface area contributed by atoms with Crippen LogP contribution in [0.1, 0.15) is 51.9 Å². The maximum atomic E-state index is 10.9. The number of hydrogen-bond donors (Lipinski definition) is 1. The van der Waals surface area contributed by atoms with Crippen LogP contribution in [0, 0.1) is 5.92 Å². The summed E-state index contributed by atoms with van der Waals surface area (Å²) in [5, 5.41) is 11.9. The van der Waals surface area contributed by atoms with E-state index in [1.165, 1.54) is 43.6 Å². The lowest BCUT2D eigenvalue weighted by molar-refractivity contribution is -0.133. The lowest BCUT2D eigenvalue weighted by Gasteiger charge is -2.46. The molecule has 0 amide bonds. The van der Waals surface area contributed by atoms with Crippen LogP contribution in [-0.2, 0) is 4.74 Å². The molecule has 2 aliphatic heterocycles. The van der Waals surface area contributed by atoms with Gasteiger partial charge in [-0.1, -0.05) is 26.2 Å². The molecule has 0 aromatic rings. The zero-order valence-electron chi connectivity index (χ0n) is 12.6. The highest BCUT2D eigenvalue weighted by Crippen LogP contribution is 2.44. The van der Waals surface area contributed by atoms with Gasteiger partial charge >= 0.3 is 0 Å². The van der Waals surface area contributed by atoms with E-state index in [0.29, 0.717) is 16.4 Å². The average Bonchev–Trinajstić information content (AvgIpc) is 2.48. The number of thioether (sulfide) groups is 2. The second-order valence-corrected chi connectivity index (χ2v) is 9.52. The van der Waals surface area contributed by atoms with Crippen LogP contribution in [0.2, 0.25) is 0 Å². The molecule has 1 spiro atoms. The molecule has 0 bridgehead atoms. The largest absolute Gasteiger partial charge is 0.392 e. The van der Waals surface area contributed by atoms with Crippen LogP contribution in [0.5, 0.6) is 0 Å². The van der Waals surface area contributed by atoms with Gasteiger partial charge in [0.1, 0.15) is 0 Å². The number of aliphatic hydroxyl groups excluding tert-OH is 1. The lowest BCUT2D eigenvalue weighted by Crippen LogP contribution is -2.48. The van der Waals surface area contributed by atoms with Gasteiger partial charge in [-0.3, -0.25) is 0 Å². The van der Waals surface area contributed by atoms with Crippen molar-refractivity contribution in [3.63, 3.8) is 0 Å². The van der Waals surface area contributed by atoms with Crippen LogP contribution in [0.15, 0.2) is 0 Å². The van der Waals surface area contributed by atoms with E-state index in [1.807, 2.05) is 23.5 Å². The van der Waals surface area contributed by atoms with Crippen LogP contribution < -0.4 is 0 Å². The quantitative estimate of drug-likeness (QED) is 0.841. The van der Waals surface area contributed by atoms with Gasteiger partial charge in [-0.15, -0.1) is 0 Å². The fourth-order valence-corrected chi connectivity index (χ4v) is 7.12. The molecule has 3 fully saturated rings. The molecule has 1 aliphatic carbocycles. The van der Waals surface area contributed by atoms with Crippen LogP contribution in [0.3, 0.4) is 0 Å². The molecule has 4 atom stereocenters. The van der Waals surface area contributed by atoms with E-state index < -0.39 is 0 Å². The van der Waals surface area contributed by atoms with Crippen molar-refractivity contribution in [1.82, 2.24) is 0 Å². The molecule has 3 aliphatic rings. The highest BCUT2D eigenvalue weighted by molar-refractivity contribution is 8.07. The molecule has 4 heteroatoms. The summed E-state index contributed by atoms with van der Waals surface area (Å²) < 4.78 is 6.18. The Morgan fingerprint density at radius 3 is 2.65 bits per heavy atom. The van der Waals surface area contributed by atoms with Crippen LogP contribution in [-0.4, -0.2) is 45.4 Å². The summed E-state index contributed by atoms with van der Waals surface area (Å²) in [6, 6.07) is 0. The zero-order chi connectivity index (χ0) is 14.0. The minimum absolute atomic E-state index is 0.123. The molecular weight excluding hydrogens is 288 g/mol. The van der Waals surface area contributed by atoms with Gasteiger partial charge in [0.15, 0.2) is 0 Å². The fourth-order valence-electron chi connectivity index (χ4n) is 4.19. The summed E-state index contributed by atoms with van der Waals surface area (Å²) >= 11 is 4.03. The minimum atomic E-state index is -0.134. The Morgan fingerprint density at radius 1 is 1.15 bits per heavy atom. The smallest absolute Gasteiger partial charge is 0.0699 e. The van der Waals surface area contributed by atoms with Crippen molar-refractivity contribution in [1.29, 1.82) is 0 Å². The summed E-state index contributed by atoms with van der Waals surface area (Å²) in [7, 11) is 0. The first-order valence-corrected chi connectivity index (χ1v) is 10.4. The molecule has 3 rings (SSSR count). The molecule has 2 heterocycles. The molecule has 20 heavy (non-hydrogen) atoms. The number of ether oxygens (including phenoxy) is 1. The summed E-state index contributed by atoms with van der Waals surface area (Å²) in [5.41, 5.74) is 0.123. The topological polar surface area (TPSA) is 29.5 Å². The van der Waals surface area contributed by atoms with E-state index >= 15 is 0 Å². The molecule has 2 nitrogen and oxygen atoms in total. The first kappa shape index (κ1) is 15.5. The molecule has 1 N–H and O–H groups in total. The normalized spacial score (nSPS) is 39.6. The molecule has 116 valence electrons. The minimum Gasteiger partial charge on any atom is -0.392 e. The Kier molecular flexibility index (Phi) is 5.28. The van der Waals surface area contributed by atoms with Crippen molar-refractivity contribution in [3.05, 3.63) is 0 Å². The lowest BCUT2D eigenvalue weighted by atomic mass is 9.74. The van der Waals surface area contributed by atoms with E-state index in [1.54, 1.807) is 0 Å². The van der Waals surface area contributed by atoms with E-state index in [0.717, 1.165) is 19.4 Å². The average molecular weight is 317 g/mol. The van der Waals surface area contributed by atoms with Crippen LogP contribution >= 0.6 is 23.5 Å². The SMILES string of the molecule is CC1SCCSC1C(O)C1CCOC2(CCCCC2)C1. The third-order valence-electron chi connectivity index (χ3n) is 5.35. The number of aliphatic hydroxyl groups is 1. The molecule has 4 unspecified atom stereocenters. The molecule has 0 aromatic heterocycles. The second-order valence-electron chi connectivity index (χ2n) is 6.75. The van der Waals surface area contributed by atoms with Crippen LogP contribution in [0.25, 0.3) is 0 Å². The Balaban J connectivity index is 1.63. The Bertz CT molecular complexity index is 312. The molecular formula is C16H28O2S2. The van der Waals surface area contributed by atoms with Gasteiger partial charge in [-0.2, -0.15) is 23.5 Å². The maximum absolute atomic E-state index is 10.9. The third kappa shape index (κ3) is 3.34. The second kappa shape index (κ2) is 6.80. The van der Waals surface area contributed by atoms with E-state index in [2.05, 4.69) is 6.92 Å². The third-order valence-corrected chi connectivity index (χ3v) is 8.55. The standard InChI is InChI=1S/C16H28O2S2/c1-12-15(20-10-9-19-12)14(17)13-5-8-18-16(11-13)6-3-2-4-7-16/h12-15,17H,2-11H2,1H3. The Morgan fingerprint density at radius 2 is 1.90 bits per heavy atom. The van der Waals surface area contributed by atoms with Crippen molar-refractivity contribution in [2.45, 2.75) is 74.1 Å². The van der Waals surface area contributed by atoms with Gasteiger partial charge in [-0.05, 0) is 31.6 Å². The molecule has 0 aromatic carbocycles. The zero-order valence-corrected chi connectivity index (χ0v) is 14.2. The van der Waals surface area contributed by atoms with Crippen molar-refractivity contribution < 1.29 is 9.84 Å². The van der Waals surface area contributed by atoms with Gasteiger partial charge in [0.25, 0.3) is 0 Å². The first-order valence-electron chi connectivity index (χ1n) is 8.25. The number of hydrogen-bond acceptors (Lipinski definition) is 4. The summed E-state index contributed by atoms with van der Waals surface area (Å²) in [4.78, 5) is 0. The molecule has 0 radical (unpaired) electrons. The fraction of sp³-hybridized carbons (Fsp3) is 1.00. The van der Waals surface area contributed by atoms with Gasteiger partial charge in [-0.25, -0.2) is 0 Å². The van der Waals surface area contributed by atoms with E-state index in [9.17, 15) is 5.11 Å². The predicted molar refractivity (Wildman–Crippen MR) is 88.7 cm³/mol. The predicted octanol–water partition coefficient (Wildman–Crippen LogP) is 3.71. The maximum Gasteiger partial charge on any atom is 0.0699 e. The highest BCUT2D eigenvalue weighted by atomic mass is 32.2. The molecule has 1 saturated carbocycles. The van der Waals surface area contributed by atoms with E-state index in [-0.39, 0.29) is 11.7 Å². The van der Waals surface area contributed by atoms with Gasteiger partial charge < -0.3 is 9.84 Å². The van der Waals surface area contributed by atoms with Gasteiger partial charge in [0.05, 0.1) is 11.7 Å². The highest BCUT2D eigenvalue weighted by Gasteiger charge is 2.43. The Hall–Kier alpha value is 0.620. The Labute approximate surface area is 131 Å². The van der Waals surface area contributed by atoms with Crippen molar-refractivity contribution in [3.8, 4) is 0 Å². The summed E-state index contributed by atoms with van der Waals surface area (Å²) in [6.07, 6.45) is 8.45. The first-order chi connectivity index (χ1) is 9.70. The summed E-state index contributed by atoms with van der Waals surface area (Å²) in [5.74, 6) is 2.90. The summed E-state index contributed by atoms with van der Waals surface area (Å²) in [6.45, 7) is 3.15. The van der Waals surface area contributed by atoms with Gasteiger partial charge in [0.2, 0.25) is 0 Å². The van der Waals surface area contributed by atoms with Crippen LogP contribution in [0.4, 0.5) is 0 Å². The molecule has 2 saturated heterocycles. The van der Waals surface area contributed by atoms with Gasteiger partial charge in [0, 0.05) is 28.6 Å². The van der Waals surface area contributed by atoms with Crippen molar-refractivity contribution >= 4 is 23.5 Å². The van der Waals surface area contributed by atoms with Crippen molar-refractivity contribution in [2.75, 3.05) is 18.1 Å². The van der Waals surface area contributed by atoms with E-state index in [4.69, 9.17) is 4.74 Å².